The lowest BCUT2D eigenvalue weighted by atomic mass is 10.2. The van der Waals surface area contributed by atoms with E-state index in [1.54, 1.807) is 0 Å². The highest BCUT2D eigenvalue weighted by molar-refractivity contribution is 9.10. The molecule has 0 fully saturated rings. The zero-order valence-electron chi connectivity index (χ0n) is 11.3. The maximum absolute atomic E-state index is 12.0. The van der Waals surface area contributed by atoms with Crippen molar-refractivity contribution in [3.05, 3.63) is 64.1 Å². The number of sulfone groups is 1. The molecular weight excluding hydrogens is 354 g/mol. The van der Waals surface area contributed by atoms with E-state index < -0.39 is 9.84 Å². The SMILES string of the molecule is CS(=O)(=O)c1ccc(C(=O)NCc2cccc(Br)c2)cc1. The number of benzene rings is 2. The highest BCUT2D eigenvalue weighted by Gasteiger charge is 2.09. The van der Waals surface area contributed by atoms with Crippen LogP contribution in [-0.4, -0.2) is 20.6 Å². The third-order valence-electron chi connectivity index (χ3n) is 2.89. The summed E-state index contributed by atoms with van der Waals surface area (Å²) in [6, 6.07) is 13.5. The zero-order valence-corrected chi connectivity index (χ0v) is 13.7. The molecule has 21 heavy (non-hydrogen) atoms. The molecule has 0 saturated heterocycles. The molecule has 0 aliphatic heterocycles. The Balaban J connectivity index is 2.04. The van der Waals surface area contributed by atoms with Crippen LogP contribution in [0.3, 0.4) is 0 Å². The molecule has 110 valence electrons. The molecule has 4 nitrogen and oxygen atoms in total. The van der Waals surface area contributed by atoms with Gasteiger partial charge in [-0.05, 0) is 42.0 Å². The minimum Gasteiger partial charge on any atom is -0.348 e. The predicted octanol–water partition coefficient (Wildman–Crippen LogP) is 2.78. The normalized spacial score (nSPS) is 11.1. The Morgan fingerprint density at radius 1 is 1.14 bits per heavy atom. The molecule has 1 amide bonds. The maximum atomic E-state index is 12.0. The van der Waals surface area contributed by atoms with E-state index in [0.29, 0.717) is 12.1 Å². The number of rotatable bonds is 4. The van der Waals surface area contributed by atoms with Gasteiger partial charge >= 0.3 is 0 Å². The van der Waals surface area contributed by atoms with Gasteiger partial charge in [0, 0.05) is 22.8 Å². The van der Waals surface area contributed by atoms with Crippen LogP contribution in [0.25, 0.3) is 0 Å². The highest BCUT2D eigenvalue weighted by atomic mass is 79.9. The molecule has 2 aromatic carbocycles. The van der Waals surface area contributed by atoms with E-state index in [-0.39, 0.29) is 10.8 Å². The fourth-order valence-electron chi connectivity index (χ4n) is 1.78. The molecule has 0 spiro atoms. The fraction of sp³-hybridized carbons (Fsp3) is 0.133. The van der Waals surface area contributed by atoms with Crippen molar-refractivity contribution in [2.24, 2.45) is 0 Å². The Morgan fingerprint density at radius 2 is 1.81 bits per heavy atom. The lowest BCUT2D eigenvalue weighted by molar-refractivity contribution is 0.0951. The van der Waals surface area contributed by atoms with Gasteiger partial charge in [-0.3, -0.25) is 4.79 Å². The molecule has 0 aromatic heterocycles. The molecule has 0 atom stereocenters. The topological polar surface area (TPSA) is 63.2 Å². The van der Waals surface area contributed by atoms with Gasteiger partial charge in [-0.2, -0.15) is 0 Å². The van der Waals surface area contributed by atoms with E-state index >= 15 is 0 Å². The van der Waals surface area contributed by atoms with E-state index in [1.165, 1.54) is 24.3 Å². The van der Waals surface area contributed by atoms with Crippen molar-refractivity contribution in [1.29, 1.82) is 0 Å². The third kappa shape index (κ3) is 4.41. The van der Waals surface area contributed by atoms with E-state index in [1.807, 2.05) is 24.3 Å². The van der Waals surface area contributed by atoms with Crippen LogP contribution in [0.15, 0.2) is 57.9 Å². The van der Waals surface area contributed by atoms with Gasteiger partial charge in [-0.1, -0.05) is 28.1 Å². The quantitative estimate of drug-likeness (QED) is 0.903. The van der Waals surface area contributed by atoms with Gasteiger partial charge in [0.2, 0.25) is 0 Å². The Hall–Kier alpha value is -1.66. The smallest absolute Gasteiger partial charge is 0.251 e. The molecule has 0 heterocycles. The molecule has 1 N–H and O–H groups in total. The second-order valence-corrected chi connectivity index (χ2v) is 7.54. The molecule has 0 aliphatic carbocycles. The number of carbonyl (C=O) groups excluding carboxylic acids is 1. The van der Waals surface area contributed by atoms with Crippen molar-refractivity contribution in [3.8, 4) is 0 Å². The van der Waals surface area contributed by atoms with Crippen molar-refractivity contribution in [2.75, 3.05) is 6.26 Å². The van der Waals surface area contributed by atoms with Crippen LogP contribution < -0.4 is 5.32 Å². The van der Waals surface area contributed by atoms with Gasteiger partial charge in [0.25, 0.3) is 5.91 Å². The molecule has 0 radical (unpaired) electrons. The van der Waals surface area contributed by atoms with Gasteiger partial charge in [0.1, 0.15) is 0 Å². The van der Waals surface area contributed by atoms with Crippen LogP contribution in [0.4, 0.5) is 0 Å². The zero-order chi connectivity index (χ0) is 15.5. The molecule has 0 aliphatic rings. The standard InChI is InChI=1S/C15H14BrNO3S/c1-21(19,20)14-7-5-12(6-8-14)15(18)17-10-11-3-2-4-13(16)9-11/h2-9H,10H2,1H3,(H,17,18). The summed E-state index contributed by atoms with van der Waals surface area (Å²) >= 11 is 3.37. The molecule has 0 saturated carbocycles. The highest BCUT2D eigenvalue weighted by Crippen LogP contribution is 2.12. The Kier molecular flexibility index (Phi) is 4.80. The van der Waals surface area contributed by atoms with Crippen LogP contribution in [0.5, 0.6) is 0 Å². The van der Waals surface area contributed by atoms with Gasteiger partial charge in [0.15, 0.2) is 9.84 Å². The second-order valence-electron chi connectivity index (χ2n) is 4.61. The maximum Gasteiger partial charge on any atom is 0.251 e. The summed E-state index contributed by atoms with van der Waals surface area (Å²) < 4.78 is 23.7. The van der Waals surface area contributed by atoms with E-state index in [0.717, 1.165) is 16.3 Å². The van der Waals surface area contributed by atoms with Crippen molar-refractivity contribution in [3.63, 3.8) is 0 Å². The largest absolute Gasteiger partial charge is 0.348 e. The van der Waals surface area contributed by atoms with E-state index in [2.05, 4.69) is 21.2 Å². The average molecular weight is 368 g/mol. The first-order valence-corrected chi connectivity index (χ1v) is 8.87. The first-order valence-electron chi connectivity index (χ1n) is 6.19. The molecule has 2 rings (SSSR count). The summed E-state index contributed by atoms with van der Waals surface area (Å²) in [4.78, 5) is 12.2. The van der Waals surface area contributed by atoms with Crippen LogP contribution >= 0.6 is 15.9 Å². The average Bonchev–Trinajstić information content (AvgIpc) is 2.44. The minimum absolute atomic E-state index is 0.200. The van der Waals surface area contributed by atoms with E-state index in [4.69, 9.17) is 0 Å². The van der Waals surface area contributed by atoms with Gasteiger partial charge in [-0.15, -0.1) is 0 Å². The third-order valence-corrected chi connectivity index (χ3v) is 4.51. The lowest BCUT2D eigenvalue weighted by Gasteiger charge is -2.06. The van der Waals surface area contributed by atoms with Crippen LogP contribution in [-0.2, 0) is 16.4 Å². The first kappa shape index (κ1) is 15.7. The van der Waals surface area contributed by atoms with Crippen molar-refractivity contribution >= 4 is 31.7 Å². The minimum atomic E-state index is -3.24. The van der Waals surface area contributed by atoms with Gasteiger partial charge in [0.05, 0.1) is 4.90 Å². The Bertz CT molecular complexity index is 755. The molecular formula is C15H14BrNO3S. The van der Waals surface area contributed by atoms with Crippen LogP contribution in [0, 0.1) is 0 Å². The summed E-state index contributed by atoms with van der Waals surface area (Å²) in [5.74, 6) is -0.241. The van der Waals surface area contributed by atoms with Crippen LogP contribution in [0.2, 0.25) is 0 Å². The van der Waals surface area contributed by atoms with Crippen molar-refractivity contribution in [2.45, 2.75) is 11.4 Å². The van der Waals surface area contributed by atoms with Crippen molar-refractivity contribution < 1.29 is 13.2 Å². The number of hydrogen-bond acceptors (Lipinski definition) is 3. The summed E-state index contributed by atoms with van der Waals surface area (Å²) in [5, 5.41) is 2.79. The molecule has 0 unspecified atom stereocenters. The number of halogens is 1. The monoisotopic (exact) mass is 367 g/mol. The number of amides is 1. The molecule has 2 aromatic rings. The number of hydrogen-bond donors (Lipinski definition) is 1. The summed E-state index contributed by atoms with van der Waals surface area (Å²) in [6.07, 6.45) is 1.13. The lowest BCUT2D eigenvalue weighted by Crippen LogP contribution is -2.22. The van der Waals surface area contributed by atoms with E-state index in [9.17, 15) is 13.2 Å². The first-order chi connectivity index (χ1) is 9.86. The summed E-state index contributed by atoms with van der Waals surface area (Å²) in [6.45, 7) is 0.409. The fourth-order valence-corrected chi connectivity index (χ4v) is 2.86. The second kappa shape index (κ2) is 6.41. The van der Waals surface area contributed by atoms with Crippen LogP contribution in [0.1, 0.15) is 15.9 Å². The predicted molar refractivity (Wildman–Crippen MR) is 84.9 cm³/mol. The molecule has 0 bridgehead atoms. The van der Waals surface area contributed by atoms with Gasteiger partial charge in [-0.25, -0.2) is 8.42 Å². The Morgan fingerprint density at radius 3 is 2.38 bits per heavy atom. The molecule has 6 heteroatoms. The summed E-state index contributed by atoms with van der Waals surface area (Å²) in [5.41, 5.74) is 1.41. The number of carbonyl (C=O) groups is 1. The van der Waals surface area contributed by atoms with Gasteiger partial charge < -0.3 is 5.32 Å². The summed E-state index contributed by atoms with van der Waals surface area (Å²) in [7, 11) is -3.24. The Labute approximate surface area is 132 Å². The number of nitrogens with one attached hydrogen (secondary N) is 1. The van der Waals surface area contributed by atoms with Crippen molar-refractivity contribution in [1.82, 2.24) is 5.32 Å².